The van der Waals surface area contributed by atoms with Crippen LogP contribution in [0.1, 0.15) is 74.6 Å². The maximum Gasteiger partial charge on any atom is 0.322 e. The molecule has 182 valence electrons. The van der Waals surface area contributed by atoms with Gasteiger partial charge in [-0.25, -0.2) is 4.79 Å². The van der Waals surface area contributed by atoms with Crippen molar-refractivity contribution in [1.29, 1.82) is 0 Å². The molecule has 2 aliphatic carbocycles. The van der Waals surface area contributed by atoms with Crippen molar-refractivity contribution in [2.45, 2.75) is 76.3 Å². The first kappa shape index (κ1) is 24.1. The molecule has 2 fully saturated rings. The molecule has 0 aromatic heterocycles. The van der Waals surface area contributed by atoms with E-state index in [1.54, 1.807) is 4.90 Å². The predicted octanol–water partition coefficient (Wildman–Crippen LogP) is 5.71. The highest BCUT2D eigenvalue weighted by Crippen LogP contribution is 2.21. The zero-order valence-corrected chi connectivity index (χ0v) is 20.1. The summed E-state index contributed by atoms with van der Waals surface area (Å²) in [6.45, 7) is 1.04. The molecule has 0 bridgehead atoms. The fourth-order valence-corrected chi connectivity index (χ4v) is 5.10. The number of benzene rings is 2. The molecule has 2 aromatic carbocycles. The standard InChI is InChI=1S/C28H38N4O2/c33-27(30-22-12-4-1-5-13-22)25-18-10-11-19-26(25)29-20-21-32(24-16-8-3-9-17-24)28(34)31-23-14-6-2-7-15-23/h3,8-11,16-19,22-23,29H,1-2,4-7,12-15,20-21H2,(H,30,33)(H,31,34). The van der Waals surface area contributed by atoms with Gasteiger partial charge in [0.1, 0.15) is 0 Å². The largest absolute Gasteiger partial charge is 0.383 e. The molecule has 2 aliphatic rings. The van der Waals surface area contributed by atoms with E-state index in [0.717, 1.165) is 37.1 Å². The number of hydrogen-bond donors (Lipinski definition) is 3. The molecule has 0 heterocycles. The average Bonchev–Trinajstić information content (AvgIpc) is 2.88. The zero-order valence-electron chi connectivity index (χ0n) is 20.1. The van der Waals surface area contributed by atoms with Gasteiger partial charge >= 0.3 is 6.03 Å². The molecule has 0 unspecified atom stereocenters. The number of amides is 3. The monoisotopic (exact) mass is 462 g/mol. The highest BCUT2D eigenvalue weighted by Gasteiger charge is 2.22. The second-order valence-corrected chi connectivity index (χ2v) is 9.55. The molecule has 0 radical (unpaired) electrons. The van der Waals surface area contributed by atoms with Crippen LogP contribution in [0.2, 0.25) is 0 Å². The van der Waals surface area contributed by atoms with Crippen LogP contribution in [-0.4, -0.2) is 37.1 Å². The summed E-state index contributed by atoms with van der Waals surface area (Å²) in [6.07, 6.45) is 11.5. The van der Waals surface area contributed by atoms with Gasteiger partial charge in [-0.3, -0.25) is 9.69 Å². The van der Waals surface area contributed by atoms with Gasteiger partial charge in [0.05, 0.1) is 5.56 Å². The molecule has 6 heteroatoms. The molecule has 6 nitrogen and oxygen atoms in total. The van der Waals surface area contributed by atoms with Gasteiger partial charge in [-0.05, 0) is 49.9 Å². The third-order valence-corrected chi connectivity index (χ3v) is 7.01. The molecule has 4 rings (SSSR count). The lowest BCUT2D eigenvalue weighted by atomic mass is 9.95. The molecule has 2 aromatic rings. The second kappa shape index (κ2) is 12.4. The van der Waals surface area contributed by atoms with E-state index >= 15 is 0 Å². The van der Waals surface area contributed by atoms with E-state index in [1.807, 2.05) is 54.6 Å². The van der Waals surface area contributed by atoms with Crippen LogP contribution >= 0.6 is 0 Å². The van der Waals surface area contributed by atoms with Crippen molar-refractivity contribution in [3.8, 4) is 0 Å². The number of anilines is 2. The number of hydrogen-bond acceptors (Lipinski definition) is 3. The molecule has 0 spiro atoms. The molecular weight excluding hydrogens is 424 g/mol. The van der Waals surface area contributed by atoms with Crippen molar-refractivity contribution >= 4 is 23.3 Å². The minimum atomic E-state index is -0.0526. The summed E-state index contributed by atoms with van der Waals surface area (Å²) in [5, 5.41) is 9.85. The Kier molecular flexibility index (Phi) is 8.83. The van der Waals surface area contributed by atoms with Crippen LogP contribution < -0.4 is 20.9 Å². The van der Waals surface area contributed by atoms with E-state index in [9.17, 15) is 9.59 Å². The molecule has 0 atom stereocenters. The minimum absolute atomic E-state index is 0.0232. The van der Waals surface area contributed by atoms with Gasteiger partial charge in [0.15, 0.2) is 0 Å². The molecular formula is C28H38N4O2. The Balaban J connectivity index is 1.38. The highest BCUT2D eigenvalue weighted by atomic mass is 16.2. The average molecular weight is 463 g/mol. The Bertz CT molecular complexity index is 921. The quantitative estimate of drug-likeness (QED) is 0.470. The zero-order chi connectivity index (χ0) is 23.6. The Morgan fingerprint density at radius 1 is 0.735 bits per heavy atom. The fraction of sp³-hybridized carbons (Fsp3) is 0.500. The van der Waals surface area contributed by atoms with Gasteiger partial charge in [0.25, 0.3) is 5.91 Å². The van der Waals surface area contributed by atoms with E-state index in [2.05, 4.69) is 16.0 Å². The lowest BCUT2D eigenvalue weighted by Gasteiger charge is -2.29. The highest BCUT2D eigenvalue weighted by molar-refractivity contribution is 5.99. The van der Waals surface area contributed by atoms with Crippen molar-refractivity contribution in [1.82, 2.24) is 10.6 Å². The number of carbonyl (C=O) groups is 2. The SMILES string of the molecule is O=C(NC1CCCCC1)c1ccccc1NCCN(C(=O)NC1CCCCC1)c1ccccc1. The van der Waals surface area contributed by atoms with Crippen LogP contribution in [-0.2, 0) is 0 Å². The molecule has 2 saturated carbocycles. The lowest BCUT2D eigenvalue weighted by Crippen LogP contribution is -2.47. The number of rotatable bonds is 8. The molecule has 3 amide bonds. The maximum absolute atomic E-state index is 13.2. The smallest absolute Gasteiger partial charge is 0.322 e. The van der Waals surface area contributed by atoms with Gasteiger partial charge < -0.3 is 16.0 Å². The lowest BCUT2D eigenvalue weighted by molar-refractivity contribution is 0.0928. The third kappa shape index (κ3) is 6.75. The second-order valence-electron chi connectivity index (χ2n) is 9.55. The summed E-state index contributed by atoms with van der Waals surface area (Å²) in [4.78, 5) is 27.9. The van der Waals surface area contributed by atoms with Crippen LogP contribution in [0.4, 0.5) is 16.2 Å². The normalized spacial score (nSPS) is 17.1. The van der Waals surface area contributed by atoms with E-state index in [1.165, 1.54) is 38.5 Å². The Hall–Kier alpha value is -3.02. The molecule has 3 N–H and O–H groups in total. The number of nitrogens with zero attached hydrogens (tertiary/aromatic N) is 1. The fourth-order valence-electron chi connectivity index (χ4n) is 5.10. The van der Waals surface area contributed by atoms with E-state index in [0.29, 0.717) is 18.7 Å². The van der Waals surface area contributed by atoms with E-state index in [4.69, 9.17) is 0 Å². The maximum atomic E-state index is 13.2. The first-order valence-corrected chi connectivity index (χ1v) is 13.0. The summed E-state index contributed by atoms with van der Waals surface area (Å²) in [6, 6.07) is 17.9. The van der Waals surface area contributed by atoms with Crippen molar-refractivity contribution in [3.05, 3.63) is 60.2 Å². The Morgan fingerprint density at radius 2 is 1.32 bits per heavy atom. The third-order valence-electron chi connectivity index (χ3n) is 7.01. The number of para-hydroxylation sites is 2. The summed E-state index contributed by atoms with van der Waals surface area (Å²) in [5.41, 5.74) is 2.34. The number of nitrogens with one attached hydrogen (secondary N) is 3. The Labute approximate surface area is 203 Å². The topological polar surface area (TPSA) is 73.5 Å². The number of carbonyl (C=O) groups excluding carboxylic acids is 2. The van der Waals surface area contributed by atoms with Gasteiger partial charge in [-0.15, -0.1) is 0 Å². The van der Waals surface area contributed by atoms with Crippen molar-refractivity contribution in [2.24, 2.45) is 0 Å². The molecule has 0 aliphatic heterocycles. The van der Waals surface area contributed by atoms with E-state index < -0.39 is 0 Å². The van der Waals surface area contributed by atoms with Gasteiger partial charge in [-0.1, -0.05) is 68.9 Å². The minimum Gasteiger partial charge on any atom is -0.383 e. The van der Waals surface area contributed by atoms with Crippen LogP contribution in [0.3, 0.4) is 0 Å². The van der Waals surface area contributed by atoms with Crippen molar-refractivity contribution < 1.29 is 9.59 Å². The summed E-state index contributed by atoms with van der Waals surface area (Å²) < 4.78 is 0. The first-order valence-electron chi connectivity index (χ1n) is 13.0. The van der Waals surface area contributed by atoms with Crippen LogP contribution in [0, 0.1) is 0 Å². The van der Waals surface area contributed by atoms with Crippen molar-refractivity contribution in [2.75, 3.05) is 23.3 Å². The summed E-state index contributed by atoms with van der Waals surface area (Å²) >= 11 is 0. The first-order chi connectivity index (χ1) is 16.7. The van der Waals surface area contributed by atoms with Crippen molar-refractivity contribution in [3.63, 3.8) is 0 Å². The molecule has 34 heavy (non-hydrogen) atoms. The van der Waals surface area contributed by atoms with Gasteiger partial charge in [0, 0.05) is 36.5 Å². The predicted molar refractivity (Wildman–Crippen MR) is 138 cm³/mol. The van der Waals surface area contributed by atoms with Gasteiger partial charge in [0.2, 0.25) is 0 Å². The van der Waals surface area contributed by atoms with E-state index in [-0.39, 0.29) is 24.0 Å². The summed E-state index contributed by atoms with van der Waals surface area (Å²) in [7, 11) is 0. The van der Waals surface area contributed by atoms with Crippen LogP contribution in [0.5, 0.6) is 0 Å². The Morgan fingerprint density at radius 3 is 2.00 bits per heavy atom. The summed E-state index contributed by atoms with van der Waals surface area (Å²) in [5.74, 6) is -0.0232. The van der Waals surface area contributed by atoms with Crippen LogP contribution in [0.25, 0.3) is 0 Å². The van der Waals surface area contributed by atoms with Gasteiger partial charge in [-0.2, -0.15) is 0 Å². The number of urea groups is 1. The molecule has 0 saturated heterocycles. The van der Waals surface area contributed by atoms with Crippen LogP contribution in [0.15, 0.2) is 54.6 Å².